The van der Waals surface area contributed by atoms with Crippen LogP contribution in [0.4, 0.5) is 11.5 Å². The van der Waals surface area contributed by atoms with Crippen LogP contribution in [-0.2, 0) is 19.6 Å². The highest BCUT2D eigenvalue weighted by molar-refractivity contribution is 7.89. The first-order chi connectivity index (χ1) is 13.2. The summed E-state index contributed by atoms with van der Waals surface area (Å²) in [7, 11) is -2.65. The second-order valence-corrected chi connectivity index (χ2v) is 8.40. The van der Waals surface area contributed by atoms with E-state index in [0.717, 1.165) is 4.31 Å². The van der Waals surface area contributed by atoms with Crippen LogP contribution in [0, 0.1) is 6.92 Å². The number of hydrogen-bond donors (Lipinski definition) is 2. The topological polar surface area (TPSA) is 118 Å². The molecule has 9 nitrogen and oxygen atoms in total. The van der Waals surface area contributed by atoms with Crippen LogP contribution in [0.1, 0.15) is 12.5 Å². The number of fused-ring (bicyclic) bond motifs is 1. The van der Waals surface area contributed by atoms with E-state index in [1.165, 1.54) is 25.4 Å². The quantitative estimate of drug-likeness (QED) is 0.777. The molecule has 0 spiro atoms. The summed E-state index contributed by atoms with van der Waals surface area (Å²) in [6.45, 7) is 2.79. The second-order valence-electron chi connectivity index (χ2n) is 6.39. The van der Waals surface area contributed by atoms with E-state index < -0.39 is 22.0 Å². The van der Waals surface area contributed by atoms with E-state index >= 15 is 0 Å². The Kier molecular flexibility index (Phi) is 5.34. The second kappa shape index (κ2) is 7.56. The van der Waals surface area contributed by atoms with Crippen molar-refractivity contribution in [2.24, 2.45) is 0 Å². The van der Waals surface area contributed by atoms with Crippen LogP contribution in [-0.4, -0.2) is 49.2 Å². The van der Waals surface area contributed by atoms with Crippen molar-refractivity contribution in [2.75, 3.05) is 24.2 Å². The predicted molar refractivity (Wildman–Crippen MR) is 103 cm³/mol. The molecular formula is C18H20N4O5S. The number of benzene rings is 1. The fraction of sp³-hybridized carbons (Fsp3) is 0.278. The first kappa shape index (κ1) is 19.8. The molecule has 2 aromatic rings. The van der Waals surface area contributed by atoms with Crippen molar-refractivity contribution in [1.29, 1.82) is 0 Å². The van der Waals surface area contributed by atoms with Crippen molar-refractivity contribution < 1.29 is 22.7 Å². The van der Waals surface area contributed by atoms with Crippen LogP contribution >= 0.6 is 0 Å². The molecule has 2 heterocycles. The van der Waals surface area contributed by atoms with Gasteiger partial charge in [0.05, 0.1) is 17.1 Å². The van der Waals surface area contributed by atoms with Gasteiger partial charge in [-0.05, 0) is 37.6 Å². The number of likely N-dealkylation sites (N-methyl/N-ethyl adjacent to an activating group) is 1. The Balaban J connectivity index is 1.81. The van der Waals surface area contributed by atoms with Gasteiger partial charge in [-0.15, -0.1) is 0 Å². The fourth-order valence-corrected chi connectivity index (χ4v) is 4.04. The maximum absolute atomic E-state index is 13.0. The van der Waals surface area contributed by atoms with Crippen LogP contribution in [0.25, 0.3) is 0 Å². The molecule has 1 aromatic carbocycles. The van der Waals surface area contributed by atoms with Crippen molar-refractivity contribution in [1.82, 2.24) is 9.29 Å². The Morgan fingerprint density at radius 3 is 2.79 bits per heavy atom. The molecule has 0 saturated carbocycles. The van der Waals surface area contributed by atoms with Crippen LogP contribution in [0.3, 0.4) is 0 Å². The van der Waals surface area contributed by atoms with Gasteiger partial charge in [-0.2, -0.15) is 4.31 Å². The number of amides is 2. The van der Waals surface area contributed by atoms with Crippen molar-refractivity contribution in [3.63, 3.8) is 0 Å². The summed E-state index contributed by atoms with van der Waals surface area (Å²) >= 11 is 0. The Bertz CT molecular complexity index is 1020. The van der Waals surface area contributed by atoms with Crippen molar-refractivity contribution in [3.8, 4) is 5.75 Å². The highest BCUT2D eigenvalue weighted by Crippen LogP contribution is 2.35. The molecule has 0 fully saturated rings. The molecule has 148 valence electrons. The number of anilines is 2. The number of sulfonamides is 1. The van der Waals surface area contributed by atoms with Gasteiger partial charge in [0, 0.05) is 19.3 Å². The first-order valence-electron chi connectivity index (χ1n) is 8.48. The van der Waals surface area contributed by atoms with Crippen molar-refractivity contribution in [3.05, 3.63) is 42.1 Å². The SMILES string of the molecule is Cc1cc2c(cc1S(=O)(=O)N(C)CC(=O)Nc1ccccn1)O[C@H](C)C(=O)N2. The van der Waals surface area contributed by atoms with Gasteiger partial charge in [0.25, 0.3) is 5.91 Å². The van der Waals surface area contributed by atoms with E-state index in [0.29, 0.717) is 17.1 Å². The largest absolute Gasteiger partial charge is 0.479 e. The van der Waals surface area contributed by atoms with E-state index in [1.54, 1.807) is 32.0 Å². The molecule has 28 heavy (non-hydrogen) atoms. The zero-order chi connectivity index (χ0) is 20.5. The molecule has 10 heteroatoms. The Morgan fingerprint density at radius 1 is 1.36 bits per heavy atom. The lowest BCUT2D eigenvalue weighted by atomic mass is 10.1. The van der Waals surface area contributed by atoms with E-state index in [-0.39, 0.29) is 23.1 Å². The molecule has 1 aromatic heterocycles. The summed E-state index contributed by atoms with van der Waals surface area (Å²) in [5.41, 5.74) is 0.837. The number of nitrogens with zero attached hydrogens (tertiary/aromatic N) is 2. The van der Waals surface area contributed by atoms with Crippen LogP contribution in [0.15, 0.2) is 41.4 Å². The van der Waals surface area contributed by atoms with E-state index in [1.807, 2.05) is 0 Å². The zero-order valence-electron chi connectivity index (χ0n) is 15.6. The summed E-state index contributed by atoms with van der Waals surface area (Å²) in [4.78, 5) is 27.9. The Morgan fingerprint density at radius 2 is 2.11 bits per heavy atom. The van der Waals surface area contributed by atoms with Gasteiger partial charge < -0.3 is 15.4 Å². The third-order valence-electron chi connectivity index (χ3n) is 4.19. The lowest BCUT2D eigenvalue weighted by Gasteiger charge is -2.25. The number of carbonyl (C=O) groups excluding carboxylic acids is 2. The van der Waals surface area contributed by atoms with Crippen LogP contribution in [0.2, 0.25) is 0 Å². The molecule has 0 aliphatic carbocycles. The number of ether oxygens (including phenoxy) is 1. The highest BCUT2D eigenvalue weighted by Gasteiger charge is 2.30. The molecule has 2 N–H and O–H groups in total. The number of hydrogen-bond acceptors (Lipinski definition) is 6. The molecule has 0 saturated heterocycles. The number of pyridine rings is 1. The van der Waals surface area contributed by atoms with E-state index in [9.17, 15) is 18.0 Å². The number of aromatic nitrogens is 1. The van der Waals surface area contributed by atoms with E-state index in [2.05, 4.69) is 15.6 Å². The minimum Gasteiger partial charge on any atom is -0.479 e. The van der Waals surface area contributed by atoms with Gasteiger partial charge in [0.1, 0.15) is 11.6 Å². The lowest BCUT2D eigenvalue weighted by Crippen LogP contribution is -2.36. The third kappa shape index (κ3) is 3.97. The number of carbonyl (C=O) groups is 2. The predicted octanol–water partition coefficient (Wildman–Crippen LogP) is 1.37. The average Bonchev–Trinajstić information content (AvgIpc) is 2.63. The van der Waals surface area contributed by atoms with Crippen LogP contribution < -0.4 is 15.4 Å². The monoisotopic (exact) mass is 404 g/mol. The normalized spacial score (nSPS) is 16.1. The number of nitrogens with one attached hydrogen (secondary N) is 2. The molecule has 1 atom stereocenters. The Hall–Kier alpha value is -2.98. The minimum atomic E-state index is -3.96. The summed E-state index contributed by atoms with van der Waals surface area (Å²) in [5.74, 6) is -0.215. The first-order valence-corrected chi connectivity index (χ1v) is 9.92. The summed E-state index contributed by atoms with van der Waals surface area (Å²) in [6.07, 6.45) is 0.791. The molecule has 1 aliphatic rings. The average molecular weight is 404 g/mol. The van der Waals surface area contributed by atoms with Crippen molar-refractivity contribution in [2.45, 2.75) is 24.8 Å². The smallest absolute Gasteiger partial charge is 0.265 e. The highest BCUT2D eigenvalue weighted by atomic mass is 32.2. The van der Waals surface area contributed by atoms with Gasteiger partial charge in [-0.25, -0.2) is 13.4 Å². The number of aryl methyl sites for hydroxylation is 1. The molecule has 2 amide bonds. The standard InChI is InChI=1S/C18H20N4O5S/c1-11-8-13-14(27-12(2)18(24)20-13)9-15(11)28(25,26)22(3)10-17(23)21-16-6-4-5-7-19-16/h4-9,12H,10H2,1-3H3,(H,20,24)(H,19,21,23)/t12-/m1/s1. The fourth-order valence-electron chi connectivity index (χ4n) is 2.70. The lowest BCUT2D eigenvalue weighted by molar-refractivity contribution is -0.122. The molecule has 0 unspecified atom stereocenters. The maximum Gasteiger partial charge on any atom is 0.265 e. The molecule has 0 radical (unpaired) electrons. The maximum atomic E-state index is 13.0. The van der Waals surface area contributed by atoms with Gasteiger partial charge >= 0.3 is 0 Å². The molecule has 0 bridgehead atoms. The molecule has 1 aliphatic heterocycles. The van der Waals surface area contributed by atoms with Crippen molar-refractivity contribution >= 4 is 33.3 Å². The molecule has 3 rings (SSSR count). The van der Waals surface area contributed by atoms with Gasteiger partial charge in [0.15, 0.2) is 6.10 Å². The third-order valence-corrected chi connectivity index (χ3v) is 6.14. The van der Waals surface area contributed by atoms with E-state index in [4.69, 9.17) is 4.74 Å². The molecular weight excluding hydrogens is 384 g/mol. The minimum absolute atomic E-state index is 0.00253. The zero-order valence-corrected chi connectivity index (χ0v) is 16.4. The summed E-state index contributed by atoms with van der Waals surface area (Å²) < 4.78 is 32.4. The van der Waals surface area contributed by atoms with Gasteiger partial charge in [-0.3, -0.25) is 9.59 Å². The Labute approximate surface area is 162 Å². The number of rotatable bonds is 5. The van der Waals surface area contributed by atoms with Crippen LogP contribution in [0.5, 0.6) is 5.75 Å². The van der Waals surface area contributed by atoms with Gasteiger partial charge in [-0.1, -0.05) is 6.07 Å². The summed E-state index contributed by atoms with van der Waals surface area (Å²) in [6, 6.07) is 7.92. The summed E-state index contributed by atoms with van der Waals surface area (Å²) in [5, 5.41) is 5.22. The van der Waals surface area contributed by atoms with Gasteiger partial charge in [0.2, 0.25) is 15.9 Å².